The van der Waals surface area contributed by atoms with E-state index >= 15 is 0 Å². The topological polar surface area (TPSA) is 169 Å². The average Bonchev–Trinajstić information content (AvgIpc) is 2.01. The summed E-state index contributed by atoms with van der Waals surface area (Å²) < 4.78 is 0. The van der Waals surface area contributed by atoms with E-state index in [0.29, 0.717) is 0 Å². The predicted molar refractivity (Wildman–Crippen MR) is 54.3 cm³/mol. The molecule has 0 atom stereocenters. The van der Waals surface area contributed by atoms with Crippen molar-refractivity contribution >= 4 is 62.1 Å². The summed E-state index contributed by atoms with van der Waals surface area (Å²) in [5.41, 5.74) is -2.74. The van der Waals surface area contributed by atoms with Crippen LogP contribution in [0.5, 0.6) is 0 Å². The number of aliphatic carboxylic acids is 3. The molecule has 0 saturated carbocycles. The molecule has 0 amide bonds. The Balaban J connectivity index is -0.000000440. The molecule has 0 unspecified atom stereocenters. The van der Waals surface area contributed by atoms with E-state index in [4.69, 9.17) is 30.3 Å². The molecule has 0 aliphatic rings. The molecule has 0 saturated heterocycles. The molecular formula is C7H12CaO9. The van der Waals surface area contributed by atoms with E-state index < -0.39 is 36.4 Å². The first-order valence-corrected chi connectivity index (χ1v) is 3.66. The third-order valence-electron chi connectivity index (χ3n) is 1.29. The van der Waals surface area contributed by atoms with Gasteiger partial charge in [0.15, 0.2) is 5.60 Å². The molecule has 9 nitrogen and oxygen atoms in total. The number of aliphatic hydroxyl groups is 1. The SMILES string of the molecule is O=C(O)CC(O)(CC(=O)O)C(=O)O.O=CO.[CaH2]. The van der Waals surface area contributed by atoms with Crippen LogP contribution >= 0.6 is 0 Å². The summed E-state index contributed by atoms with van der Waals surface area (Å²) in [6.45, 7) is -0.250. The number of hydrogen-bond donors (Lipinski definition) is 5. The molecule has 17 heavy (non-hydrogen) atoms. The quantitative estimate of drug-likeness (QED) is 0.270. The van der Waals surface area contributed by atoms with Crippen LogP contribution in [-0.2, 0) is 19.2 Å². The monoisotopic (exact) mass is 280 g/mol. The fraction of sp³-hybridized carbons (Fsp3) is 0.429. The van der Waals surface area contributed by atoms with Gasteiger partial charge in [-0.15, -0.1) is 0 Å². The van der Waals surface area contributed by atoms with Crippen LogP contribution in [0.1, 0.15) is 12.8 Å². The number of carboxylic acids is 3. The first-order chi connectivity index (χ1) is 7.19. The molecule has 0 bridgehead atoms. The molecule has 0 aromatic carbocycles. The minimum atomic E-state index is -2.74. The van der Waals surface area contributed by atoms with Crippen molar-refractivity contribution in [3.05, 3.63) is 0 Å². The molecule has 0 aliphatic carbocycles. The van der Waals surface area contributed by atoms with Crippen molar-refractivity contribution in [3.63, 3.8) is 0 Å². The second kappa shape index (κ2) is 10.3. The molecular weight excluding hydrogens is 268 g/mol. The van der Waals surface area contributed by atoms with Crippen LogP contribution in [0.4, 0.5) is 0 Å². The average molecular weight is 280 g/mol. The zero-order valence-electron chi connectivity index (χ0n) is 7.86. The van der Waals surface area contributed by atoms with Gasteiger partial charge in [-0.25, -0.2) is 4.79 Å². The Morgan fingerprint density at radius 1 is 1.00 bits per heavy atom. The fourth-order valence-electron chi connectivity index (χ4n) is 0.714. The van der Waals surface area contributed by atoms with Gasteiger partial charge in [-0.1, -0.05) is 0 Å². The molecule has 0 rings (SSSR count). The van der Waals surface area contributed by atoms with E-state index in [1.165, 1.54) is 0 Å². The zero-order chi connectivity index (χ0) is 13.4. The van der Waals surface area contributed by atoms with E-state index in [9.17, 15) is 14.4 Å². The van der Waals surface area contributed by atoms with Gasteiger partial charge in [-0.2, -0.15) is 0 Å². The first-order valence-electron chi connectivity index (χ1n) is 3.66. The number of rotatable bonds is 5. The van der Waals surface area contributed by atoms with Gasteiger partial charge >= 0.3 is 55.6 Å². The number of carbonyl (C=O) groups is 4. The van der Waals surface area contributed by atoms with Crippen molar-refractivity contribution in [2.45, 2.75) is 18.4 Å². The Kier molecular flexibility index (Phi) is 12.9. The third kappa shape index (κ3) is 11.4. The second-order valence-corrected chi connectivity index (χ2v) is 2.58. The van der Waals surface area contributed by atoms with Gasteiger partial charge in [0.1, 0.15) is 0 Å². The van der Waals surface area contributed by atoms with E-state index in [1.807, 2.05) is 0 Å². The Bertz CT molecular complexity index is 271. The second-order valence-electron chi connectivity index (χ2n) is 2.58. The standard InChI is InChI=1S/C6H8O7.CH2O2.Ca.2H/c7-3(8)1-6(13,5(11)12)2-4(9)10;2-1-3;;;/h13H,1-2H2,(H,7,8)(H,9,10)(H,11,12);1H,(H,2,3);;;. The van der Waals surface area contributed by atoms with Gasteiger partial charge in [0.2, 0.25) is 0 Å². The van der Waals surface area contributed by atoms with Crippen LogP contribution in [-0.4, -0.2) is 93.3 Å². The summed E-state index contributed by atoms with van der Waals surface area (Å²) >= 11 is 0. The molecule has 0 spiro atoms. The molecule has 10 heteroatoms. The molecule has 0 aliphatic heterocycles. The van der Waals surface area contributed by atoms with E-state index in [2.05, 4.69) is 0 Å². The van der Waals surface area contributed by atoms with Gasteiger partial charge in [0, 0.05) is 0 Å². The van der Waals surface area contributed by atoms with Gasteiger partial charge in [-0.05, 0) is 0 Å². The van der Waals surface area contributed by atoms with Crippen molar-refractivity contribution in [1.82, 2.24) is 0 Å². The van der Waals surface area contributed by atoms with Crippen LogP contribution < -0.4 is 0 Å². The molecule has 0 fully saturated rings. The van der Waals surface area contributed by atoms with E-state index in [-0.39, 0.29) is 44.2 Å². The predicted octanol–water partition coefficient (Wildman–Crippen LogP) is -2.46. The Labute approximate surface area is 125 Å². The molecule has 0 heterocycles. The van der Waals surface area contributed by atoms with Crippen LogP contribution in [0.25, 0.3) is 0 Å². The summed E-state index contributed by atoms with van der Waals surface area (Å²) in [5.74, 6) is -5.02. The maximum atomic E-state index is 10.3. The Morgan fingerprint density at radius 3 is 1.35 bits per heavy atom. The fourth-order valence-corrected chi connectivity index (χ4v) is 0.714. The molecule has 0 aromatic rings. The van der Waals surface area contributed by atoms with Crippen molar-refractivity contribution in [2.75, 3.05) is 0 Å². The van der Waals surface area contributed by atoms with Gasteiger partial charge in [0.05, 0.1) is 12.8 Å². The normalized spacial score (nSPS) is 9.00. The number of carboxylic acid groups (broad SMARTS) is 4. The molecule has 5 N–H and O–H groups in total. The van der Waals surface area contributed by atoms with Gasteiger partial charge in [0.25, 0.3) is 6.47 Å². The van der Waals surface area contributed by atoms with Crippen molar-refractivity contribution in [1.29, 1.82) is 0 Å². The zero-order valence-corrected chi connectivity index (χ0v) is 7.86. The molecule has 0 radical (unpaired) electrons. The molecule has 0 aromatic heterocycles. The first kappa shape index (κ1) is 21.4. The summed E-state index contributed by atoms with van der Waals surface area (Å²) in [6.07, 6.45) is -2.29. The van der Waals surface area contributed by atoms with Crippen LogP contribution in [0.3, 0.4) is 0 Å². The van der Waals surface area contributed by atoms with Crippen LogP contribution in [0.2, 0.25) is 0 Å². The Morgan fingerprint density at radius 2 is 1.24 bits per heavy atom. The minimum absolute atomic E-state index is 0. The van der Waals surface area contributed by atoms with Gasteiger partial charge < -0.3 is 25.5 Å². The van der Waals surface area contributed by atoms with E-state index in [0.717, 1.165) is 0 Å². The summed E-state index contributed by atoms with van der Waals surface area (Å²) in [5, 5.41) is 40.7. The van der Waals surface area contributed by atoms with Crippen LogP contribution in [0.15, 0.2) is 0 Å². The van der Waals surface area contributed by atoms with Gasteiger partial charge in [-0.3, -0.25) is 14.4 Å². The molecule has 96 valence electrons. The maximum absolute atomic E-state index is 10.3. The van der Waals surface area contributed by atoms with Crippen molar-refractivity contribution in [3.8, 4) is 0 Å². The third-order valence-corrected chi connectivity index (χ3v) is 1.29. The van der Waals surface area contributed by atoms with Crippen LogP contribution in [0, 0.1) is 0 Å². The summed E-state index contributed by atoms with van der Waals surface area (Å²) in [6, 6.07) is 0. The van der Waals surface area contributed by atoms with E-state index in [1.54, 1.807) is 0 Å². The summed E-state index contributed by atoms with van der Waals surface area (Å²) in [7, 11) is 0. The number of hydrogen-bond acceptors (Lipinski definition) is 5. The van der Waals surface area contributed by atoms with Crippen molar-refractivity contribution < 1.29 is 44.7 Å². The van der Waals surface area contributed by atoms with Crippen molar-refractivity contribution in [2.24, 2.45) is 0 Å². The Hall–Kier alpha value is -0.900. The summed E-state index contributed by atoms with van der Waals surface area (Å²) in [4.78, 5) is 38.8.